The lowest BCUT2D eigenvalue weighted by Gasteiger charge is -2.24. The molecule has 0 amide bonds. The molecule has 90 heavy (non-hydrogen) atoms. The van der Waals surface area contributed by atoms with Crippen molar-refractivity contribution in [2.75, 3.05) is 13.2 Å². The second kappa shape index (κ2) is 107. The lowest BCUT2D eigenvalue weighted by molar-refractivity contribution is -0.0732. The normalized spacial score (nSPS) is 15.7. The Balaban J connectivity index is -0.0000000729. The number of hydrogen-bond acceptors (Lipinski definition) is 11. The van der Waals surface area contributed by atoms with Gasteiger partial charge in [0.2, 0.25) is 6.39 Å². The van der Waals surface area contributed by atoms with Crippen LogP contribution in [0.15, 0.2) is 86.2 Å². The minimum Gasteiger partial charge on any atom is -0.473 e. The van der Waals surface area contributed by atoms with Gasteiger partial charge in [-0.15, -0.1) is 0 Å². The Hall–Kier alpha value is -3.77. The maximum Gasteiger partial charge on any atom is 0.213 e. The molecule has 0 spiro atoms. The number of nitrogens with one attached hydrogen (secondary N) is 1. The molecule has 12 nitrogen and oxygen atoms in total. The maximum absolute atomic E-state index is 5.19. The molecule has 1 saturated heterocycles. The van der Waals surface area contributed by atoms with E-state index in [0.29, 0.717) is 5.92 Å². The number of rotatable bonds is 3. The van der Waals surface area contributed by atoms with Crippen LogP contribution in [0, 0.1) is 71.0 Å². The number of allylic oxidation sites excluding steroid dienone is 1. The first-order chi connectivity index (χ1) is 43.0. The molecule has 6 heterocycles. The van der Waals surface area contributed by atoms with E-state index in [-0.39, 0.29) is 6.29 Å². The predicted octanol–water partition coefficient (Wildman–Crippen LogP) is 27.2. The van der Waals surface area contributed by atoms with Gasteiger partial charge in [-0.05, 0) is 90.1 Å². The number of hydrogen-bond donors (Lipinski definition) is 1. The molecule has 3 saturated carbocycles. The lowest BCUT2D eigenvalue weighted by atomic mass is 9.82. The monoisotopic (exact) mass is 1280 g/mol. The molecule has 0 bridgehead atoms. The SMILES string of the molecule is C1=CN=CC1.C1=NN=CC1.CC.CC.CC.CC.CC.CC.CC.CC.CC(C)C.CC(C)C.CC(C)C.CC(C)C.CC(C)C.CC(C)C1CC2CCCCC2C1.CC(C)C1CCCCC1.CC(C)C1OCCO1.c1ccoc1.c1cn[nH]n1.c1ncon1. The summed E-state index contributed by atoms with van der Waals surface area (Å²) in [5.41, 5.74) is 0. The van der Waals surface area contributed by atoms with Crippen LogP contribution in [0.25, 0.3) is 0 Å². The Morgan fingerprint density at radius 2 is 0.767 bits per heavy atom. The summed E-state index contributed by atoms with van der Waals surface area (Å²) < 4.78 is 19.2. The summed E-state index contributed by atoms with van der Waals surface area (Å²) in [4.78, 5) is 7.22. The van der Waals surface area contributed by atoms with Crippen LogP contribution in [0.2, 0.25) is 0 Å². The highest BCUT2D eigenvalue weighted by Crippen LogP contribution is 2.47. The fourth-order valence-corrected chi connectivity index (χ4v) is 6.96. The summed E-state index contributed by atoms with van der Waals surface area (Å²) in [6, 6.07) is 3.67. The molecule has 0 aromatic carbocycles. The number of aliphatic imine (C=N–C) groups is 1. The van der Waals surface area contributed by atoms with Crippen molar-refractivity contribution in [2.45, 2.75) is 346 Å². The van der Waals surface area contributed by atoms with Crippen molar-refractivity contribution in [1.82, 2.24) is 25.6 Å². The average molecular weight is 1280 g/mol. The second-order valence-electron chi connectivity index (χ2n) is 23.8. The van der Waals surface area contributed by atoms with Crippen molar-refractivity contribution in [3.05, 3.63) is 62.0 Å². The third-order valence-corrected chi connectivity index (χ3v) is 10.0. The first-order valence-electron chi connectivity index (χ1n) is 36.9. The van der Waals surface area contributed by atoms with E-state index in [1.54, 1.807) is 69.2 Å². The maximum atomic E-state index is 5.19. The highest BCUT2D eigenvalue weighted by molar-refractivity contribution is 5.82. The van der Waals surface area contributed by atoms with Gasteiger partial charge in [-0.2, -0.15) is 25.6 Å². The largest absolute Gasteiger partial charge is 0.473 e. The molecule has 2 unspecified atom stereocenters. The van der Waals surface area contributed by atoms with Gasteiger partial charge < -0.3 is 18.4 Å². The fraction of sp³-hybridized carbons (Fsp3) is 0.833. The van der Waals surface area contributed by atoms with E-state index in [0.717, 1.165) is 91.2 Å². The second-order valence-corrected chi connectivity index (χ2v) is 23.8. The number of aromatic nitrogens is 5. The highest BCUT2D eigenvalue weighted by atomic mass is 16.7. The van der Waals surface area contributed by atoms with Crippen molar-refractivity contribution in [3.8, 4) is 0 Å². The van der Waals surface area contributed by atoms with Crippen LogP contribution in [0.4, 0.5) is 0 Å². The van der Waals surface area contributed by atoms with E-state index in [9.17, 15) is 0 Å². The number of aromatic amines is 1. The summed E-state index contributed by atoms with van der Waals surface area (Å²) in [6.07, 6.45) is 37.0. The van der Waals surface area contributed by atoms with E-state index in [2.05, 4.69) is 195 Å². The Morgan fingerprint density at radius 1 is 0.411 bits per heavy atom. The minimum atomic E-state index is 0.0648. The van der Waals surface area contributed by atoms with Gasteiger partial charge in [-0.1, -0.05) is 325 Å². The first-order valence-corrected chi connectivity index (χ1v) is 36.9. The topological polar surface area (TPSA) is 149 Å². The number of nitrogens with zero attached hydrogens (tertiary/aromatic N) is 7. The zero-order chi connectivity index (χ0) is 72.8. The molecule has 9 rings (SSSR count). The zero-order valence-electron chi connectivity index (χ0n) is 67.9. The minimum absolute atomic E-state index is 0.0648. The smallest absolute Gasteiger partial charge is 0.213 e. The van der Waals surface area contributed by atoms with Crippen molar-refractivity contribution in [1.29, 1.82) is 0 Å². The predicted molar refractivity (Wildman–Crippen MR) is 412 cm³/mol. The lowest BCUT2D eigenvalue weighted by Crippen LogP contribution is -2.14. The van der Waals surface area contributed by atoms with Crippen LogP contribution in [0.5, 0.6) is 0 Å². The molecule has 3 aromatic heterocycles. The van der Waals surface area contributed by atoms with Gasteiger partial charge in [0.05, 0.1) is 38.1 Å². The van der Waals surface area contributed by atoms with Gasteiger partial charge >= 0.3 is 0 Å². The van der Waals surface area contributed by atoms with E-state index >= 15 is 0 Å². The van der Waals surface area contributed by atoms with Crippen LogP contribution >= 0.6 is 0 Å². The molecule has 0 radical (unpaired) electrons. The molecule has 3 aliphatic heterocycles. The molecule has 4 fully saturated rings. The molecule has 2 atom stereocenters. The van der Waals surface area contributed by atoms with E-state index in [1.807, 2.05) is 135 Å². The van der Waals surface area contributed by atoms with Crippen LogP contribution in [-0.2, 0) is 9.47 Å². The van der Waals surface area contributed by atoms with Crippen LogP contribution in [-0.4, -0.2) is 63.7 Å². The first kappa shape index (κ1) is 114. The Bertz CT molecular complexity index is 1310. The zero-order valence-corrected chi connectivity index (χ0v) is 67.9. The third kappa shape index (κ3) is 129. The fourth-order valence-electron chi connectivity index (χ4n) is 6.96. The summed E-state index contributed by atoms with van der Waals surface area (Å²) in [5.74, 6) is 10.9. The summed E-state index contributed by atoms with van der Waals surface area (Å²) in [6.45, 7) is 79.7. The van der Waals surface area contributed by atoms with Crippen molar-refractivity contribution >= 4 is 18.6 Å². The molecular weight excluding hydrogens is 1110 g/mol. The molecule has 544 valence electrons. The molecular formula is C78H168N8O4. The quantitative estimate of drug-likeness (QED) is 0.272. The van der Waals surface area contributed by atoms with Crippen molar-refractivity contribution in [3.63, 3.8) is 0 Å². The van der Waals surface area contributed by atoms with Gasteiger partial charge in [-0.3, -0.25) is 4.99 Å². The Morgan fingerprint density at radius 3 is 0.933 bits per heavy atom. The summed E-state index contributed by atoms with van der Waals surface area (Å²) in [7, 11) is 0. The van der Waals surface area contributed by atoms with E-state index in [1.165, 1.54) is 57.7 Å². The molecule has 12 heteroatoms. The number of furan rings is 1. The standard InChI is InChI=1S/C12H22.C9H18.C6H12O2.C4H5N.C4H4O.5C4H10.C3H4N2.C2H3N3.C2H2N2O.8C2H6/c1-9(2)12-7-10-5-3-4-6-11(10)8-12;1-8(2)9-6-4-3-5-7-9;1-5(2)6-7-3-4-8-6;2*1-2-4-5-3-1;5*1-4(2)3;2*1-2-4-5-3-1;1-3-2-5-4-1;8*1-2/h9-12H,3-8H2,1-2H3;8-9H,3-7H2,1-2H3;5-6H,3-4H2,1-2H3;1,3-4H,2H2;1-4H;5*4H,1-3H3;2-3H,1H2;1-2H,(H,3,4,5);1-2H;8*1-2H3. The molecule has 1 N–H and O–H groups in total. The van der Waals surface area contributed by atoms with Crippen LogP contribution < -0.4 is 0 Å². The van der Waals surface area contributed by atoms with Gasteiger partial charge in [-0.25, -0.2) is 4.98 Å². The van der Waals surface area contributed by atoms with Crippen molar-refractivity contribution < 1.29 is 18.4 Å². The summed E-state index contributed by atoms with van der Waals surface area (Å²) >= 11 is 0. The highest BCUT2D eigenvalue weighted by Gasteiger charge is 2.36. The number of fused-ring (bicyclic) bond motifs is 1. The molecule has 6 aliphatic rings. The van der Waals surface area contributed by atoms with E-state index < -0.39 is 0 Å². The number of H-pyrrole nitrogens is 1. The Labute approximate surface area is 567 Å². The van der Waals surface area contributed by atoms with E-state index in [4.69, 9.17) is 9.47 Å². The van der Waals surface area contributed by atoms with Crippen molar-refractivity contribution in [2.24, 2.45) is 86.2 Å². The van der Waals surface area contributed by atoms with Crippen LogP contribution in [0.3, 0.4) is 0 Å². The van der Waals surface area contributed by atoms with Gasteiger partial charge in [0.25, 0.3) is 0 Å². The van der Waals surface area contributed by atoms with Gasteiger partial charge in [0, 0.05) is 43.6 Å². The van der Waals surface area contributed by atoms with Gasteiger partial charge in [0.1, 0.15) is 0 Å². The van der Waals surface area contributed by atoms with Crippen LogP contribution in [0.1, 0.15) is 340 Å². The molecule has 3 aromatic rings. The third-order valence-electron chi connectivity index (χ3n) is 10.0. The Kier molecular flexibility index (Phi) is 135. The summed E-state index contributed by atoms with van der Waals surface area (Å²) in [5, 5.41) is 19.6. The average Bonchev–Trinajstić information content (AvgIpc) is 3.76. The molecule has 3 aliphatic carbocycles. The number of ether oxygens (including phenoxy) is 2. The van der Waals surface area contributed by atoms with Gasteiger partial charge in [0.15, 0.2) is 12.6 Å².